The predicted molar refractivity (Wildman–Crippen MR) is 73.9 cm³/mol. The number of aromatic nitrogens is 3. The van der Waals surface area contributed by atoms with Crippen molar-refractivity contribution in [1.82, 2.24) is 15.0 Å². The van der Waals surface area contributed by atoms with Crippen LogP contribution in [-0.4, -0.2) is 21.6 Å². The maximum absolute atomic E-state index is 5.54. The average molecular weight is 258 g/mol. The number of ether oxygens (including phenoxy) is 1. The van der Waals surface area contributed by atoms with Gasteiger partial charge in [-0.3, -0.25) is 9.97 Å². The second kappa shape index (κ2) is 6.68. The van der Waals surface area contributed by atoms with Gasteiger partial charge in [-0.15, -0.1) is 0 Å². The maximum Gasteiger partial charge on any atom is 0.234 e. The molecular weight excluding hydrogens is 240 g/mol. The molecule has 0 saturated carbocycles. The Morgan fingerprint density at radius 1 is 1.16 bits per heavy atom. The van der Waals surface area contributed by atoms with E-state index in [0.717, 1.165) is 5.56 Å². The molecule has 100 valence electrons. The highest BCUT2D eigenvalue weighted by atomic mass is 16.5. The van der Waals surface area contributed by atoms with Crippen molar-refractivity contribution >= 4 is 5.82 Å². The highest BCUT2D eigenvalue weighted by molar-refractivity contribution is 5.34. The van der Waals surface area contributed by atoms with Crippen LogP contribution >= 0.6 is 0 Å². The van der Waals surface area contributed by atoms with E-state index in [9.17, 15) is 0 Å². The average Bonchev–Trinajstić information content (AvgIpc) is 2.44. The van der Waals surface area contributed by atoms with Crippen LogP contribution < -0.4 is 10.1 Å². The summed E-state index contributed by atoms with van der Waals surface area (Å²) >= 11 is 0. The summed E-state index contributed by atoms with van der Waals surface area (Å²) in [6.45, 7) is 5.52. The van der Waals surface area contributed by atoms with Crippen LogP contribution in [0.3, 0.4) is 0 Å². The first-order chi connectivity index (χ1) is 9.24. The van der Waals surface area contributed by atoms with Gasteiger partial charge in [-0.05, 0) is 23.6 Å². The third-order valence-corrected chi connectivity index (χ3v) is 2.40. The Labute approximate surface area is 113 Å². The van der Waals surface area contributed by atoms with Gasteiger partial charge in [-0.2, -0.15) is 4.98 Å². The number of rotatable bonds is 6. The molecule has 0 unspecified atom stereocenters. The fraction of sp³-hybridized carbons (Fsp3) is 0.357. The number of pyridine rings is 1. The van der Waals surface area contributed by atoms with Gasteiger partial charge in [0, 0.05) is 18.9 Å². The van der Waals surface area contributed by atoms with Gasteiger partial charge >= 0.3 is 0 Å². The van der Waals surface area contributed by atoms with E-state index in [0.29, 0.717) is 30.8 Å². The summed E-state index contributed by atoms with van der Waals surface area (Å²) in [5.74, 6) is 1.72. The molecule has 2 heterocycles. The molecule has 2 rings (SSSR count). The molecule has 0 saturated heterocycles. The largest absolute Gasteiger partial charge is 0.476 e. The van der Waals surface area contributed by atoms with Crippen LogP contribution in [0.2, 0.25) is 0 Å². The molecule has 0 aliphatic carbocycles. The summed E-state index contributed by atoms with van der Waals surface area (Å²) in [6, 6.07) is 3.92. The van der Waals surface area contributed by atoms with E-state index in [1.807, 2.05) is 12.1 Å². The zero-order valence-electron chi connectivity index (χ0n) is 11.2. The van der Waals surface area contributed by atoms with Gasteiger partial charge in [0.1, 0.15) is 5.82 Å². The molecule has 2 aromatic rings. The molecular formula is C14H18N4O. The summed E-state index contributed by atoms with van der Waals surface area (Å²) in [7, 11) is 0. The molecule has 1 N–H and O–H groups in total. The molecule has 0 amide bonds. The summed E-state index contributed by atoms with van der Waals surface area (Å²) < 4.78 is 5.54. The molecule has 0 aliphatic heterocycles. The van der Waals surface area contributed by atoms with Crippen LogP contribution in [-0.2, 0) is 6.54 Å². The van der Waals surface area contributed by atoms with Crippen molar-refractivity contribution < 1.29 is 4.74 Å². The fourth-order valence-electron chi connectivity index (χ4n) is 1.45. The second-order valence-corrected chi connectivity index (χ2v) is 4.66. The molecule has 0 atom stereocenters. The molecule has 5 heteroatoms. The number of nitrogens with zero attached hydrogens (tertiary/aromatic N) is 3. The lowest BCUT2D eigenvalue weighted by molar-refractivity contribution is 0.260. The predicted octanol–water partition coefficient (Wildman–Crippen LogP) is 2.52. The zero-order valence-corrected chi connectivity index (χ0v) is 11.2. The van der Waals surface area contributed by atoms with Crippen LogP contribution in [0.1, 0.15) is 19.4 Å². The van der Waals surface area contributed by atoms with E-state index in [1.54, 1.807) is 24.8 Å². The number of hydrogen-bond donors (Lipinski definition) is 1. The van der Waals surface area contributed by atoms with Gasteiger partial charge in [-0.1, -0.05) is 13.8 Å². The Hall–Kier alpha value is -2.17. The van der Waals surface area contributed by atoms with Gasteiger partial charge in [0.25, 0.3) is 0 Å². The number of anilines is 1. The standard InChI is InChI=1S/C14H18N4O/c1-11(2)10-19-14-9-16-8-13(18-14)17-7-12-3-5-15-6-4-12/h3-6,8-9,11H,7,10H2,1-2H3,(H,17,18). The molecule has 2 aromatic heterocycles. The van der Waals surface area contributed by atoms with Gasteiger partial charge in [0.15, 0.2) is 0 Å². The lowest BCUT2D eigenvalue weighted by Crippen LogP contribution is -2.07. The summed E-state index contributed by atoms with van der Waals surface area (Å²) in [5, 5.41) is 3.21. The Kier molecular flexibility index (Phi) is 4.66. The Balaban J connectivity index is 1.91. The molecule has 0 spiro atoms. The zero-order chi connectivity index (χ0) is 13.5. The Bertz CT molecular complexity index is 502. The monoisotopic (exact) mass is 258 g/mol. The molecule has 19 heavy (non-hydrogen) atoms. The van der Waals surface area contributed by atoms with Crippen LogP contribution in [0.5, 0.6) is 5.88 Å². The third kappa shape index (κ3) is 4.54. The summed E-state index contributed by atoms with van der Waals surface area (Å²) in [4.78, 5) is 12.4. The lowest BCUT2D eigenvalue weighted by Gasteiger charge is -2.09. The van der Waals surface area contributed by atoms with Crippen LogP contribution in [0.25, 0.3) is 0 Å². The van der Waals surface area contributed by atoms with Crippen molar-refractivity contribution in [1.29, 1.82) is 0 Å². The van der Waals surface area contributed by atoms with Crippen molar-refractivity contribution in [2.75, 3.05) is 11.9 Å². The third-order valence-electron chi connectivity index (χ3n) is 2.40. The minimum Gasteiger partial charge on any atom is -0.476 e. The van der Waals surface area contributed by atoms with E-state index in [1.165, 1.54) is 0 Å². The van der Waals surface area contributed by atoms with Crippen LogP contribution in [0.4, 0.5) is 5.82 Å². The van der Waals surface area contributed by atoms with E-state index < -0.39 is 0 Å². The highest BCUT2D eigenvalue weighted by Gasteiger charge is 2.01. The van der Waals surface area contributed by atoms with Gasteiger partial charge < -0.3 is 10.1 Å². The maximum atomic E-state index is 5.54. The molecule has 0 aliphatic rings. The summed E-state index contributed by atoms with van der Waals surface area (Å²) in [5.41, 5.74) is 1.14. The van der Waals surface area contributed by atoms with Gasteiger partial charge in [0.05, 0.1) is 19.0 Å². The van der Waals surface area contributed by atoms with Crippen molar-refractivity contribution in [2.24, 2.45) is 5.92 Å². The molecule has 0 fully saturated rings. The Morgan fingerprint density at radius 2 is 1.95 bits per heavy atom. The summed E-state index contributed by atoms with van der Waals surface area (Å²) in [6.07, 6.45) is 6.85. The van der Waals surface area contributed by atoms with Crippen molar-refractivity contribution in [3.05, 3.63) is 42.5 Å². The van der Waals surface area contributed by atoms with E-state index in [2.05, 4.69) is 34.1 Å². The minimum atomic E-state index is 0.468. The molecule has 5 nitrogen and oxygen atoms in total. The number of hydrogen-bond acceptors (Lipinski definition) is 5. The van der Waals surface area contributed by atoms with Gasteiger partial charge in [0.2, 0.25) is 5.88 Å². The van der Waals surface area contributed by atoms with Crippen molar-refractivity contribution in [3.63, 3.8) is 0 Å². The molecule has 0 radical (unpaired) electrons. The Morgan fingerprint density at radius 3 is 2.68 bits per heavy atom. The lowest BCUT2D eigenvalue weighted by atomic mass is 10.2. The normalized spacial score (nSPS) is 10.5. The van der Waals surface area contributed by atoms with E-state index in [4.69, 9.17) is 4.74 Å². The van der Waals surface area contributed by atoms with E-state index in [-0.39, 0.29) is 0 Å². The first-order valence-corrected chi connectivity index (χ1v) is 6.31. The SMILES string of the molecule is CC(C)COc1cncc(NCc2ccncc2)n1. The second-order valence-electron chi connectivity index (χ2n) is 4.66. The number of nitrogens with one attached hydrogen (secondary N) is 1. The van der Waals surface area contributed by atoms with E-state index >= 15 is 0 Å². The van der Waals surface area contributed by atoms with Crippen molar-refractivity contribution in [3.8, 4) is 5.88 Å². The van der Waals surface area contributed by atoms with Crippen molar-refractivity contribution in [2.45, 2.75) is 20.4 Å². The fourth-order valence-corrected chi connectivity index (χ4v) is 1.45. The first-order valence-electron chi connectivity index (χ1n) is 6.31. The smallest absolute Gasteiger partial charge is 0.234 e. The molecule has 0 aromatic carbocycles. The van der Waals surface area contributed by atoms with Crippen LogP contribution in [0.15, 0.2) is 36.9 Å². The van der Waals surface area contributed by atoms with Gasteiger partial charge in [-0.25, -0.2) is 0 Å². The van der Waals surface area contributed by atoms with Crippen LogP contribution in [0, 0.1) is 5.92 Å². The first kappa shape index (κ1) is 13.3. The molecule has 0 bridgehead atoms. The highest BCUT2D eigenvalue weighted by Crippen LogP contribution is 2.11. The topological polar surface area (TPSA) is 59.9 Å². The quantitative estimate of drug-likeness (QED) is 0.862. The minimum absolute atomic E-state index is 0.468.